The van der Waals surface area contributed by atoms with Crippen molar-refractivity contribution in [2.45, 2.75) is 19.4 Å². The van der Waals surface area contributed by atoms with Gasteiger partial charge in [0.05, 0.1) is 6.10 Å². The van der Waals surface area contributed by atoms with Crippen LogP contribution in [0.15, 0.2) is 42.5 Å². The van der Waals surface area contributed by atoms with Gasteiger partial charge in [-0.15, -0.1) is 0 Å². The zero-order valence-electron chi connectivity index (χ0n) is 11.2. The van der Waals surface area contributed by atoms with E-state index in [4.69, 9.17) is 0 Å². The van der Waals surface area contributed by atoms with Crippen molar-refractivity contribution in [1.82, 2.24) is 0 Å². The third-order valence-corrected chi connectivity index (χ3v) is 3.18. The summed E-state index contributed by atoms with van der Waals surface area (Å²) in [7, 11) is 0. The van der Waals surface area contributed by atoms with Crippen molar-refractivity contribution in [2.75, 3.05) is 11.9 Å². The van der Waals surface area contributed by atoms with Gasteiger partial charge in [0.1, 0.15) is 11.6 Å². The van der Waals surface area contributed by atoms with Crippen molar-refractivity contribution >= 4 is 5.69 Å². The average Bonchev–Trinajstić information content (AvgIpc) is 2.45. The molecule has 0 amide bonds. The molecule has 0 aliphatic heterocycles. The summed E-state index contributed by atoms with van der Waals surface area (Å²) in [5.41, 5.74) is 2.16. The van der Waals surface area contributed by atoms with Gasteiger partial charge >= 0.3 is 0 Å². The molecule has 0 spiro atoms. The molecule has 106 valence electrons. The van der Waals surface area contributed by atoms with Crippen molar-refractivity contribution in [3.63, 3.8) is 0 Å². The fraction of sp³-hybridized carbons (Fsp3) is 0.250. The van der Waals surface area contributed by atoms with E-state index in [2.05, 4.69) is 12.2 Å². The highest BCUT2D eigenvalue weighted by Crippen LogP contribution is 2.19. The van der Waals surface area contributed by atoms with Crippen LogP contribution in [0.4, 0.5) is 14.5 Å². The Morgan fingerprint density at radius 1 is 1.10 bits per heavy atom. The summed E-state index contributed by atoms with van der Waals surface area (Å²) in [5.74, 6) is -1.39. The number of aliphatic hydroxyl groups excluding tert-OH is 1. The molecule has 20 heavy (non-hydrogen) atoms. The van der Waals surface area contributed by atoms with E-state index in [9.17, 15) is 13.9 Å². The van der Waals surface area contributed by atoms with Crippen LogP contribution in [0.1, 0.15) is 24.2 Å². The first-order chi connectivity index (χ1) is 9.60. The number of nitrogens with one attached hydrogen (secondary N) is 1. The van der Waals surface area contributed by atoms with Gasteiger partial charge < -0.3 is 10.4 Å². The SMILES string of the molecule is CCc1ccc(NCC(O)c2ccc(F)cc2F)cc1. The van der Waals surface area contributed by atoms with Crippen molar-refractivity contribution in [1.29, 1.82) is 0 Å². The molecule has 0 radical (unpaired) electrons. The monoisotopic (exact) mass is 277 g/mol. The minimum absolute atomic E-state index is 0.0871. The normalized spacial score (nSPS) is 12.2. The summed E-state index contributed by atoms with van der Waals surface area (Å²) in [5, 5.41) is 13.0. The Morgan fingerprint density at radius 3 is 2.40 bits per heavy atom. The number of aryl methyl sites for hydroxylation is 1. The summed E-state index contributed by atoms with van der Waals surface area (Å²) >= 11 is 0. The average molecular weight is 277 g/mol. The highest BCUT2D eigenvalue weighted by molar-refractivity contribution is 5.45. The molecule has 0 aromatic heterocycles. The largest absolute Gasteiger partial charge is 0.386 e. The van der Waals surface area contributed by atoms with Crippen molar-refractivity contribution in [2.24, 2.45) is 0 Å². The lowest BCUT2D eigenvalue weighted by atomic mass is 10.1. The molecule has 1 unspecified atom stereocenters. The van der Waals surface area contributed by atoms with Crippen LogP contribution in [0.5, 0.6) is 0 Å². The maximum atomic E-state index is 13.5. The van der Waals surface area contributed by atoms with Gasteiger partial charge in [0.15, 0.2) is 0 Å². The Kier molecular flexibility index (Phi) is 4.69. The first-order valence-corrected chi connectivity index (χ1v) is 6.56. The number of rotatable bonds is 5. The second kappa shape index (κ2) is 6.48. The predicted octanol–water partition coefficient (Wildman–Crippen LogP) is 3.67. The topological polar surface area (TPSA) is 32.3 Å². The van der Waals surface area contributed by atoms with E-state index in [1.807, 2.05) is 24.3 Å². The summed E-state index contributed by atoms with van der Waals surface area (Å²) in [6.45, 7) is 2.23. The van der Waals surface area contributed by atoms with Crippen LogP contribution in [0.25, 0.3) is 0 Å². The summed E-state index contributed by atoms with van der Waals surface area (Å²) in [6, 6.07) is 11.0. The van der Waals surface area contributed by atoms with Gasteiger partial charge in [-0.05, 0) is 30.2 Å². The molecule has 0 aliphatic rings. The molecule has 0 fully saturated rings. The van der Waals surface area contributed by atoms with Crippen LogP contribution in [-0.4, -0.2) is 11.7 Å². The van der Waals surface area contributed by atoms with E-state index in [0.717, 1.165) is 24.2 Å². The lowest BCUT2D eigenvalue weighted by molar-refractivity contribution is 0.186. The standard InChI is InChI=1S/C16H17F2NO/c1-2-11-3-6-13(7-4-11)19-10-16(20)14-8-5-12(17)9-15(14)18/h3-9,16,19-20H,2,10H2,1H3. The molecule has 0 saturated carbocycles. The van der Waals surface area contributed by atoms with Crippen LogP contribution < -0.4 is 5.32 Å². The Morgan fingerprint density at radius 2 is 1.80 bits per heavy atom. The molecule has 0 heterocycles. The van der Waals surface area contributed by atoms with Gasteiger partial charge in [-0.1, -0.05) is 25.1 Å². The number of hydrogen-bond donors (Lipinski definition) is 2. The minimum Gasteiger partial charge on any atom is -0.386 e. The predicted molar refractivity (Wildman–Crippen MR) is 75.6 cm³/mol. The summed E-state index contributed by atoms with van der Waals surface area (Å²) in [6.07, 6.45) is -0.0644. The molecule has 2 aromatic carbocycles. The molecular formula is C16H17F2NO. The van der Waals surface area contributed by atoms with E-state index in [-0.39, 0.29) is 12.1 Å². The number of halogens is 2. The van der Waals surface area contributed by atoms with Crippen molar-refractivity contribution in [3.8, 4) is 0 Å². The van der Waals surface area contributed by atoms with Crippen molar-refractivity contribution in [3.05, 3.63) is 65.2 Å². The minimum atomic E-state index is -1.03. The van der Waals surface area contributed by atoms with E-state index in [1.165, 1.54) is 11.6 Å². The van der Waals surface area contributed by atoms with Crippen LogP contribution in [0.3, 0.4) is 0 Å². The van der Waals surface area contributed by atoms with Gasteiger partial charge in [0, 0.05) is 23.9 Å². The fourth-order valence-electron chi connectivity index (χ4n) is 1.95. The van der Waals surface area contributed by atoms with Gasteiger partial charge in [-0.3, -0.25) is 0 Å². The van der Waals surface area contributed by atoms with Crippen molar-refractivity contribution < 1.29 is 13.9 Å². The Bertz CT molecular complexity index is 569. The number of benzene rings is 2. The molecular weight excluding hydrogens is 260 g/mol. The van der Waals surface area contributed by atoms with E-state index in [1.54, 1.807) is 0 Å². The fourth-order valence-corrected chi connectivity index (χ4v) is 1.95. The van der Waals surface area contributed by atoms with Crippen LogP contribution in [-0.2, 0) is 6.42 Å². The zero-order chi connectivity index (χ0) is 14.5. The summed E-state index contributed by atoms with van der Waals surface area (Å²) < 4.78 is 26.3. The maximum absolute atomic E-state index is 13.5. The first-order valence-electron chi connectivity index (χ1n) is 6.56. The Labute approximate surface area is 117 Å². The third-order valence-electron chi connectivity index (χ3n) is 3.18. The highest BCUT2D eigenvalue weighted by Gasteiger charge is 2.13. The van der Waals surface area contributed by atoms with Gasteiger partial charge in [-0.2, -0.15) is 0 Å². The van der Waals surface area contributed by atoms with Crippen LogP contribution in [0.2, 0.25) is 0 Å². The Balaban J connectivity index is 1.98. The van der Waals surface area contributed by atoms with Gasteiger partial charge in [0.25, 0.3) is 0 Å². The highest BCUT2D eigenvalue weighted by atomic mass is 19.1. The van der Waals surface area contributed by atoms with E-state index < -0.39 is 17.7 Å². The maximum Gasteiger partial charge on any atom is 0.131 e. The molecule has 0 aliphatic carbocycles. The van der Waals surface area contributed by atoms with E-state index in [0.29, 0.717) is 0 Å². The number of anilines is 1. The zero-order valence-corrected chi connectivity index (χ0v) is 11.2. The second-order valence-corrected chi connectivity index (χ2v) is 4.61. The smallest absolute Gasteiger partial charge is 0.131 e. The summed E-state index contributed by atoms with van der Waals surface area (Å²) in [4.78, 5) is 0. The molecule has 4 heteroatoms. The van der Waals surface area contributed by atoms with Gasteiger partial charge in [0.2, 0.25) is 0 Å². The molecule has 0 saturated heterocycles. The molecule has 1 atom stereocenters. The molecule has 2 rings (SSSR count). The van der Waals surface area contributed by atoms with Gasteiger partial charge in [-0.25, -0.2) is 8.78 Å². The van der Waals surface area contributed by atoms with Crippen LogP contribution >= 0.6 is 0 Å². The van der Waals surface area contributed by atoms with E-state index >= 15 is 0 Å². The molecule has 2 aromatic rings. The number of aliphatic hydroxyl groups is 1. The lowest BCUT2D eigenvalue weighted by Crippen LogP contribution is -2.13. The van der Waals surface area contributed by atoms with Crippen LogP contribution in [0, 0.1) is 11.6 Å². The molecule has 2 nitrogen and oxygen atoms in total. The molecule has 2 N–H and O–H groups in total. The molecule has 0 bridgehead atoms. The Hall–Kier alpha value is -1.94. The lowest BCUT2D eigenvalue weighted by Gasteiger charge is -2.14. The first kappa shape index (κ1) is 14.5. The number of hydrogen-bond acceptors (Lipinski definition) is 2. The third kappa shape index (κ3) is 3.54. The quantitative estimate of drug-likeness (QED) is 0.874. The second-order valence-electron chi connectivity index (χ2n) is 4.61.